The summed E-state index contributed by atoms with van der Waals surface area (Å²) in [6.45, 7) is 0.928. The first-order chi connectivity index (χ1) is 13.0. The molecule has 2 heterocycles. The van der Waals surface area contributed by atoms with Gasteiger partial charge in [0.2, 0.25) is 5.09 Å². The van der Waals surface area contributed by atoms with E-state index in [0.717, 1.165) is 19.3 Å². The van der Waals surface area contributed by atoms with Crippen LogP contribution in [0.15, 0.2) is 39.8 Å². The van der Waals surface area contributed by atoms with Crippen molar-refractivity contribution in [3.05, 3.63) is 36.1 Å². The Morgan fingerprint density at radius 1 is 1.07 bits per heavy atom. The van der Waals surface area contributed by atoms with Gasteiger partial charge in [-0.25, -0.2) is 8.42 Å². The maximum atomic E-state index is 12.6. The second-order valence-corrected chi connectivity index (χ2v) is 7.97. The number of carbonyl (C=O) groups excluding carboxylic acids is 1. The average molecular weight is 394 g/mol. The number of amides is 1. The molecule has 146 valence electrons. The molecule has 1 fully saturated rings. The van der Waals surface area contributed by atoms with E-state index < -0.39 is 15.9 Å². The Morgan fingerprint density at radius 3 is 2.48 bits per heavy atom. The van der Waals surface area contributed by atoms with Crippen LogP contribution in [0.5, 0.6) is 11.5 Å². The van der Waals surface area contributed by atoms with Crippen molar-refractivity contribution >= 4 is 21.6 Å². The predicted molar refractivity (Wildman–Crippen MR) is 98.8 cm³/mol. The Kier molecular flexibility index (Phi) is 5.71. The van der Waals surface area contributed by atoms with Crippen LogP contribution >= 0.6 is 0 Å². The van der Waals surface area contributed by atoms with Crippen molar-refractivity contribution in [3.63, 3.8) is 0 Å². The van der Waals surface area contributed by atoms with Crippen molar-refractivity contribution in [1.82, 2.24) is 4.31 Å². The number of nitrogens with one attached hydrogen (secondary N) is 1. The fraction of sp³-hybridized carbons (Fsp3) is 0.389. The van der Waals surface area contributed by atoms with E-state index in [1.54, 1.807) is 18.2 Å². The van der Waals surface area contributed by atoms with E-state index >= 15 is 0 Å². The van der Waals surface area contributed by atoms with Crippen molar-refractivity contribution in [2.75, 3.05) is 32.6 Å². The lowest BCUT2D eigenvalue weighted by molar-refractivity contribution is 0.0991. The van der Waals surface area contributed by atoms with Crippen LogP contribution in [0.3, 0.4) is 0 Å². The lowest BCUT2D eigenvalue weighted by Crippen LogP contribution is -2.35. The minimum absolute atomic E-state index is 0.101. The van der Waals surface area contributed by atoms with Crippen LogP contribution in [0.2, 0.25) is 0 Å². The molecule has 1 saturated heterocycles. The lowest BCUT2D eigenvalue weighted by atomic mass is 10.2. The second kappa shape index (κ2) is 8.01. The molecule has 1 aliphatic heterocycles. The molecular weight excluding hydrogens is 372 g/mol. The zero-order valence-electron chi connectivity index (χ0n) is 15.2. The molecule has 1 aromatic carbocycles. The number of rotatable bonds is 6. The molecule has 0 atom stereocenters. The molecule has 27 heavy (non-hydrogen) atoms. The van der Waals surface area contributed by atoms with Crippen LogP contribution in [0, 0.1) is 0 Å². The molecule has 9 heteroatoms. The molecule has 1 N–H and O–H groups in total. The number of sulfonamides is 1. The number of benzene rings is 1. The fourth-order valence-electron chi connectivity index (χ4n) is 2.91. The van der Waals surface area contributed by atoms with Crippen molar-refractivity contribution in [2.24, 2.45) is 0 Å². The van der Waals surface area contributed by atoms with Gasteiger partial charge in [-0.3, -0.25) is 4.79 Å². The lowest BCUT2D eigenvalue weighted by Gasteiger charge is -2.24. The summed E-state index contributed by atoms with van der Waals surface area (Å²) in [7, 11) is -0.738. The zero-order chi connectivity index (χ0) is 19.4. The van der Waals surface area contributed by atoms with Gasteiger partial charge in [-0.1, -0.05) is 6.42 Å². The topological polar surface area (TPSA) is 98.1 Å². The third-order valence-electron chi connectivity index (χ3n) is 4.37. The molecule has 0 aliphatic carbocycles. The highest BCUT2D eigenvalue weighted by Crippen LogP contribution is 2.30. The Balaban J connectivity index is 1.79. The average Bonchev–Trinajstić information content (AvgIpc) is 3.20. The van der Waals surface area contributed by atoms with E-state index in [1.807, 2.05) is 0 Å². The zero-order valence-corrected chi connectivity index (χ0v) is 16.0. The summed E-state index contributed by atoms with van der Waals surface area (Å²) < 4.78 is 42.4. The van der Waals surface area contributed by atoms with E-state index in [0.29, 0.717) is 30.3 Å². The summed E-state index contributed by atoms with van der Waals surface area (Å²) >= 11 is 0. The van der Waals surface area contributed by atoms with Crippen molar-refractivity contribution in [3.8, 4) is 11.5 Å². The summed E-state index contributed by atoms with van der Waals surface area (Å²) in [5.41, 5.74) is 0.388. The van der Waals surface area contributed by atoms with Crippen molar-refractivity contribution in [2.45, 2.75) is 24.4 Å². The predicted octanol–water partition coefficient (Wildman–Crippen LogP) is 2.72. The Bertz CT molecular complexity index is 916. The molecule has 1 aromatic heterocycles. The normalized spacial score (nSPS) is 15.3. The number of carbonyl (C=O) groups is 1. The van der Waals surface area contributed by atoms with Gasteiger partial charge >= 0.3 is 0 Å². The summed E-state index contributed by atoms with van der Waals surface area (Å²) in [6, 6.07) is 7.61. The first kappa shape index (κ1) is 19.2. The van der Waals surface area contributed by atoms with Gasteiger partial charge in [-0.15, -0.1) is 0 Å². The van der Waals surface area contributed by atoms with Gasteiger partial charge in [0.15, 0.2) is 5.76 Å². The summed E-state index contributed by atoms with van der Waals surface area (Å²) in [6.07, 6.45) is 2.66. The highest BCUT2D eigenvalue weighted by atomic mass is 32.2. The molecule has 0 saturated carbocycles. The highest BCUT2D eigenvalue weighted by molar-refractivity contribution is 7.89. The Morgan fingerprint density at radius 2 is 1.81 bits per heavy atom. The van der Waals surface area contributed by atoms with Gasteiger partial charge in [0.25, 0.3) is 15.9 Å². The quantitative estimate of drug-likeness (QED) is 0.809. The molecule has 8 nitrogen and oxygen atoms in total. The first-order valence-corrected chi connectivity index (χ1v) is 10.0. The van der Waals surface area contributed by atoms with Gasteiger partial charge in [-0.2, -0.15) is 4.31 Å². The van der Waals surface area contributed by atoms with Crippen LogP contribution in [-0.4, -0.2) is 45.9 Å². The Hall–Kier alpha value is -2.52. The van der Waals surface area contributed by atoms with Crippen LogP contribution in [-0.2, 0) is 10.0 Å². The molecular formula is C18H22N2O6S. The highest BCUT2D eigenvalue weighted by Gasteiger charge is 2.29. The summed E-state index contributed by atoms with van der Waals surface area (Å²) in [5.74, 6) is 0.299. The largest absolute Gasteiger partial charge is 0.497 e. The third kappa shape index (κ3) is 4.09. The number of hydrogen-bond acceptors (Lipinski definition) is 6. The number of nitrogens with zero attached hydrogens (tertiary/aromatic N) is 1. The van der Waals surface area contributed by atoms with Gasteiger partial charge in [0.05, 0.1) is 19.9 Å². The van der Waals surface area contributed by atoms with E-state index in [1.165, 1.54) is 30.7 Å². The van der Waals surface area contributed by atoms with Crippen LogP contribution in [0.4, 0.5) is 5.69 Å². The van der Waals surface area contributed by atoms with E-state index in [4.69, 9.17) is 13.9 Å². The van der Waals surface area contributed by atoms with Gasteiger partial charge in [-0.05, 0) is 37.1 Å². The molecule has 0 radical (unpaired) electrons. The Labute approximate surface area is 158 Å². The number of anilines is 1. The van der Waals surface area contributed by atoms with Gasteiger partial charge in [0.1, 0.15) is 11.5 Å². The number of methoxy groups -OCH3 is 2. The van der Waals surface area contributed by atoms with Crippen molar-refractivity contribution in [1.29, 1.82) is 0 Å². The number of piperidine rings is 1. The fourth-order valence-corrected chi connectivity index (χ4v) is 4.34. The molecule has 3 rings (SSSR count). The van der Waals surface area contributed by atoms with Gasteiger partial charge < -0.3 is 19.2 Å². The van der Waals surface area contributed by atoms with Crippen LogP contribution in [0.1, 0.15) is 29.8 Å². The van der Waals surface area contributed by atoms with E-state index in [9.17, 15) is 13.2 Å². The molecule has 0 bridgehead atoms. The molecule has 0 spiro atoms. The number of hydrogen-bond donors (Lipinski definition) is 1. The standard InChI is InChI=1S/C18H22N2O6S/c1-24-13-6-7-15(25-2)14(12-13)19-18(21)16-8-9-17(26-16)27(22,23)20-10-4-3-5-11-20/h6-9,12H,3-5,10-11H2,1-2H3,(H,19,21). The maximum absolute atomic E-state index is 12.6. The molecule has 1 amide bonds. The minimum atomic E-state index is -3.73. The van der Waals surface area contributed by atoms with Crippen LogP contribution in [0.25, 0.3) is 0 Å². The van der Waals surface area contributed by atoms with Gasteiger partial charge in [0, 0.05) is 19.2 Å². The second-order valence-electron chi connectivity index (χ2n) is 6.10. The summed E-state index contributed by atoms with van der Waals surface area (Å²) in [5, 5.41) is 2.42. The minimum Gasteiger partial charge on any atom is -0.497 e. The number of furan rings is 1. The smallest absolute Gasteiger partial charge is 0.291 e. The first-order valence-electron chi connectivity index (χ1n) is 8.59. The molecule has 1 aliphatic rings. The van der Waals surface area contributed by atoms with Crippen LogP contribution < -0.4 is 14.8 Å². The molecule has 0 unspecified atom stereocenters. The maximum Gasteiger partial charge on any atom is 0.291 e. The van der Waals surface area contributed by atoms with E-state index in [2.05, 4.69) is 5.32 Å². The van der Waals surface area contributed by atoms with Crippen molar-refractivity contribution < 1.29 is 27.1 Å². The SMILES string of the molecule is COc1ccc(OC)c(NC(=O)c2ccc(S(=O)(=O)N3CCCCC3)o2)c1. The monoisotopic (exact) mass is 394 g/mol. The third-order valence-corrected chi connectivity index (χ3v) is 6.14. The van der Waals surface area contributed by atoms with E-state index in [-0.39, 0.29) is 10.9 Å². The summed E-state index contributed by atoms with van der Waals surface area (Å²) in [4.78, 5) is 12.5. The number of ether oxygens (including phenoxy) is 2. The molecule has 2 aromatic rings.